The minimum absolute atomic E-state index is 0.635. The van der Waals surface area contributed by atoms with Crippen molar-refractivity contribution in [2.24, 2.45) is 0 Å². The molecule has 0 saturated heterocycles. The SMILES string of the molecule is Clc1nsc2cscc12. The number of nitrogens with zero attached hydrogens (tertiary/aromatic N) is 1. The van der Waals surface area contributed by atoms with Crippen molar-refractivity contribution >= 4 is 44.6 Å². The molecule has 0 aliphatic carbocycles. The minimum atomic E-state index is 0.635. The molecule has 9 heavy (non-hydrogen) atoms. The summed E-state index contributed by atoms with van der Waals surface area (Å²) < 4.78 is 5.15. The Bertz CT molecular complexity index is 324. The second-order valence-electron chi connectivity index (χ2n) is 1.62. The number of rotatable bonds is 0. The van der Waals surface area contributed by atoms with Gasteiger partial charge < -0.3 is 0 Å². The highest BCUT2D eigenvalue weighted by molar-refractivity contribution is 7.19. The molecule has 0 N–H and O–H groups in total. The summed E-state index contributed by atoms with van der Waals surface area (Å²) in [5, 5.41) is 5.79. The first-order valence-corrected chi connectivity index (χ1v) is 4.44. The lowest BCUT2D eigenvalue weighted by atomic mass is 10.5. The molecule has 0 fully saturated rings. The average Bonchev–Trinajstić information content (AvgIpc) is 2.35. The number of thiophene rings is 1. The number of halogens is 1. The molecule has 2 aromatic heterocycles. The molecule has 0 atom stereocenters. The number of hydrogen-bond donors (Lipinski definition) is 0. The molecule has 0 aromatic carbocycles. The molecule has 2 heterocycles. The first-order chi connectivity index (χ1) is 4.38. The topological polar surface area (TPSA) is 12.9 Å². The van der Waals surface area contributed by atoms with Gasteiger partial charge in [-0.2, -0.15) is 15.7 Å². The minimum Gasteiger partial charge on any atom is -0.180 e. The molecule has 0 saturated carbocycles. The number of aromatic nitrogens is 1. The normalized spacial score (nSPS) is 10.8. The molecule has 4 heteroatoms. The molecule has 46 valence electrons. The van der Waals surface area contributed by atoms with E-state index in [0.717, 1.165) is 5.39 Å². The molecule has 0 aliphatic heterocycles. The maximum Gasteiger partial charge on any atom is 0.151 e. The average molecular weight is 176 g/mol. The molecule has 0 amide bonds. The molecule has 0 bridgehead atoms. The third kappa shape index (κ3) is 0.764. The molecule has 0 radical (unpaired) electrons. The second-order valence-corrected chi connectivity index (χ2v) is 3.53. The third-order valence-corrected chi connectivity index (χ3v) is 3.16. The van der Waals surface area contributed by atoms with Gasteiger partial charge in [-0.1, -0.05) is 11.6 Å². The fourth-order valence-electron chi connectivity index (χ4n) is 0.645. The zero-order chi connectivity index (χ0) is 6.27. The molecule has 2 aromatic rings. The summed E-state index contributed by atoms with van der Waals surface area (Å²) in [5.41, 5.74) is 0. The van der Waals surface area contributed by atoms with Crippen LogP contribution in [0.3, 0.4) is 0 Å². The standard InChI is InChI=1S/C5H2ClNS2/c6-5-3-1-8-2-4(3)9-7-5/h1-2H. The fraction of sp³-hybridized carbons (Fsp3) is 0. The van der Waals surface area contributed by atoms with Crippen molar-refractivity contribution in [2.75, 3.05) is 0 Å². The van der Waals surface area contributed by atoms with Crippen molar-refractivity contribution in [3.63, 3.8) is 0 Å². The van der Waals surface area contributed by atoms with Gasteiger partial charge in [0.25, 0.3) is 0 Å². The van der Waals surface area contributed by atoms with Crippen molar-refractivity contribution < 1.29 is 0 Å². The van der Waals surface area contributed by atoms with Gasteiger partial charge in [-0.15, -0.1) is 0 Å². The summed E-state index contributed by atoms with van der Waals surface area (Å²) in [7, 11) is 0. The van der Waals surface area contributed by atoms with Gasteiger partial charge in [-0.05, 0) is 11.5 Å². The second kappa shape index (κ2) is 1.94. The van der Waals surface area contributed by atoms with Gasteiger partial charge in [-0.25, -0.2) is 0 Å². The van der Waals surface area contributed by atoms with Gasteiger partial charge in [0.1, 0.15) is 0 Å². The van der Waals surface area contributed by atoms with Crippen LogP contribution in [0.5, 0.6) is 0 Å². The lowest BCUT2D eigenvalue weighted by Crippen LogP contribution is -1.52. The van der Waals surface area contributed by atoms with E-state index in [9.17, 15) is 0 Å². The first kappa shape index (κ1) is 5.65. The first-order valence-electron chi connectivity index (χ1n) is 2.35. The number of hydrogen-bond acceptors (Lipinski definition) is 3. The van der Waals surface area contributed by atoms with Gasteiger partial charge in [0, 0.05) is 16.1 Å². The predicted molar refractivity (Wildman–Crippen MR) is 42.5 cm³/mol. The van der Waals surface area contributed by atoms with Crippen LogP contribution in [0.1, 0.15) is 0 Å². The van der Waals surface area contributed by atoms with E-state index in [1.807, 2.05) is 5.38 Å². The molecule has 2 rings (SSSR count). The highest BCUT2D eigenvalue weighted by atomic mass is 35.5. The summed E-state index contributed by atoms with van der Waals surface area (Å²) in [6.45, 7) is 0. The van der Waals surface area contributed by atoms with Gasteiger partial charge in [-0.3, -0.25) is 0 Å². The Balaban J connectivity index is 2.99. The zero-order valence-corrected chi connectivity index (χ0v) is 6.69. The monoisotopic (exact) mass is 175 g/mol. The maximum absolute atomic E-state index is 5.72. The Morgan fingerprint density at radius 2 is 2.33 bits per heavy atom. The van der Waals surface area contributed by atoms with Crippen LogP contribution in [0.25, 0.3) is 10.1 Å². The van der Waals surface area contributed by atoms with Crippen LogP contribution in [0.4, 0.5) is 0 Å². The van der Waals surface area contributed by atoms with Crippen LogP contribution in [0.2, 0.25) is 5.15 Å². The van der Waals surface area contributed by atoms with Crippen LogP contribution in [-0.2, 0) is 0 Å². The maximum atomic E-state index is 5.72. The van der Waals surface area contributed by atoms with Gasteiger partial charge in [0.2, 0.25) is 0 Å². The van der Waals surface area contributed by atoms with E-state index in [-0.39, 0.29) is 0 Å². The van der Waals surface area contributed by atoms with Gasteiger partial charge in [0.15, 0.2) is 5.15 Å². The van der Waals surface area contributed by atoms with E-state index >= 15 is 0 Å². The lowest BCUT2D eigenvalue weighted by Gasteiger charge is -1.70. The van der Waals surface area contributed by atoms with E-state index < -0.39 is 0 Å². The van der Waals surface area contributed by atoms with E-state index in [0.29, 0.717) is 5.15 Å². The Morgan fingerprint density at radius 1 is 1.44 bits per heavy atom. The van der Waals surface area contributed by atoms with E-state index in [1.165, 1.54) is 16.2 Å². The van der Waals surface area contributed by atoms with Crippen molar-refractivity contribution in [3.8, 4) is 0 Å². The Labute approximate surface area is 65.1 Å². The van der Waals surface area contributed by atoms with Gasteiger partial charge >= 0.3 is 0 Å². The molecule has 0 aliphatic rings. The van der Waals surface area contributed by atoms with E-state index in [4.69, 9.17) is 11.6 Å². The van der Waals surface area contributed by atoms with Crippen LogP contribution in [0, 0.1) is 0 Å². The zero-order valence-electron chi connectivity index (χ0n) is 4.30. The summed E-state index contributed by atoms with van der Waals surface area (Å²) in [6.07, 6.45) is 0. The van der Waals surface area contributed by atoms with Crippen molar-refractivity contribution in [2.45, 2.75) is 0 Å². The highest BCUT2D eigenvalue weighted by Crippen LogP contribution is 2.29. The summed E-state index contributed by atoms with van der Waals surface area (Å²) >= 11 is 8.83. The lowest BCUT2D eigenvalue weighted by molar-refractivity contribution is 1.61. The predicted octanol–water partition coefficient (Wildman–Crippen LogP) is 3.01. The smallest absolute Gasteiger partial charge is 0.151 e. The summed E-state index contributed by atoms with van der Waals surface area (Å²) in [5.74, 6) is 0. The molecular formula is C5H2ClNS2. The molecule has 0 spiro atoms. The van der Waals surface area contributed by atoms with E-state index in [1.54, 1.807) is 11.3 Å². The van der Waals surface area contributed by atoms with Crippen molar-refractivity contribution in [1.29, 1.82) is 0 Å². The quantitative estimate of drug-likeness (QED) is 0.600. The van der Waals surface area contributed by atoms with Crippen molar-refractivity contribution in [1.82, 2.24) is 4.37 Å². The van der Waals surface area contributed by atoms with Crippen LogP contribution >= 0.6 is 34.5 Å². The molecule has 0 unspecified atom stereocenters. The van der Waals surface area contributed by atoms with Crippen LogP contribution in [-0.4, -0.2) is 4.37 Å². The van der Waals surface area contributed by atoms with Crippen molar-refractivity contribution in [3.05, 3.63) is 15.9 Å². The summed E-state index contributed by atoms with van der Waals surface area (Å²) in [6, 6.07) is 0. The highest BCUT2D eigenvalue weighted by Gasteiger charge is 2.01. The Hall–Kier alpha value is -0.120. The third-order valence-electron chi connectivity index (χ3n) is 1.07. The fourth-order valence-corrected chi connectivity index (χ4v) is 2.66. The molecular weight excluding hydrogens is 174 g/mol. The largest absolute Gasteiger partial charge is 0.180 e. The summed E-state index contributed by atoms with van der Waals surface area (Å²) in [4.78, 5) is 0. The Kier molecular flexibility index (Phi) is 1.22. The van der Waals surface area contributed by atoms with E-state index in [2.05, 4.69) is 9.75 Å². The Morgan fingerprint density at radius 3 is 3.11 bits per heavy atom. The van der Waals surface area contributed by atoms with Gasteiger partial charge in [0.05, 0.1) is 4.70 Å². The molecule has 1 nitrogen and oxygen atoms in total. The van der Waals surface area contributed by atoms with Crippen LogP contribution in [0.15, 0.2) is 10.8 Å². The number of fused-ring (bicyclic) bond motifs is 1. The van der Waals surface area contributed by atoms with Crippen LogP contribution < -0.4 is 0 Å².